The first-order valence-corrected chi connectivity index (χ1v) is 5.41. The van der Waals surface area contributed by atoms with Gasteiger partial charge in [0, 0.05) is 0 Å². The van der Waals surface area contributed by atoms with Gasteiger partial charge in [0.2, 0.25) is 0 Å². The number of ether oxygens (including phenoxy) is 1. The van der Waals surface area contributed by atoms with Gasteiger partial charge in [-0.2, -0.15) is 79.0 Å². The summed E-state index contributed by atoms with van der Waals surface area (Å²) in [5.74, 6) is -7.27. The highest BCUT2D eigenvalue weighted by atomic mass is 19.5. The van der Waals surface area contributed by atoms with Gasteiger partial charge in [0.25, 0.3) is 17.7 Å². The number of halogens is 18. The third-order valence-corrected chi connectivity index (χ3v) is 1.34. The lowest BCUT2D eigenvalue weighted by molar-refractivity contribution is -0.339. The summed E-state index contributed by atoms with van der Waals surface area (Å²) in [7, 11) is 0. The van der Waals surface area contributed by atoms with E-state index in [-0.39, 0.29) is 0 Å². The van der Waals surface area contributed by atoms with Gasteiger partial charge in [-0.1, -0.05) is 0 Å². The van der Waals surface area contributed by atoms with Crippen LogP contribution in [0.15, 0.2) is 36.3 Å². The normalized spacial score (nSPS) is 14.4. The molecule has 0 heterocycles. The van der Waals surface area contributed by atoms with Crippen LogP contribution in [0.2, 0.25) is 0 Å². The van der Waals surface area contributed by atoms with Gasteiger partial charge >= 0.3 is 36.7 Å². The Morgan fingerprint density at radius 1 is 0.483 bits per heavy atom. The highest BCUT2D eigenvalue weighted by molar-refractivity contribution is 5.06. The van der Waals surface area contributed by atoms with E-state index >= 15 is 0 Å². The van der Waals surface area contributed by atoms with Crippen LogP contribution in [0.3, 0.4) is 0 Å². The van der Waals surface area contributed by atoms with Crippen LogP contribution in [0.5, 0.6) is 0 Å². The highest BCUT2D eigenvalue weighted by Gasteiger charge is 2.58. The second kappa shape index (κ2) is 11.1. The first-order chi connectivity index (χ1) is 12.4. The van der Waals surface area contributed by atoms with Crippen molar-refractivity contribution in [1.82, 2.24) is 0 Å². The number of rotatable bonds is 2. The minimum Gasteiger partial charge on any atom is -0.400 e. The first kappa shape index (κ1) is 31.5. The van der Waals surface area contributed by atoms with Crippen LogP contribution in [-0.4, -0.2) is 24.7 Å². The van der Waals surface area contributed by atoms with Gasteiger partial charge in [0.15, 0.2) is 0 Å². The Morgan fingerprint density at radius 3 is 0.759 bits per heavy atom. The summed E-state index contributed by atoms with van der Waals surface area (Å²) in [5.41, 5.74) is 0. The number of alkyl halides is 12. The molecule has 0 atom stereocenters. The second-order valence-corrected chi connectivity index (χ2v) is 3.61. The molecule has 0 spiro atoms. The molecule has 0 saturated heterocycles. The van der Waals surface area contributed by atoms with Crippen LogP contribution in [0.4, 0.5) is 79.0 Å². The van der Waals surface area contributed by atoms with E-state index in [0.29, 0.717) is 0 Å². The molecule has 0 aromatic rings. The summed E-state index contributed by atoms with van der Waals surface area (Å²) in [5, 5.41) is 0. The third-order valence-electron chi connectivity index (χ3n) is 1.34. The van der Waals surface area contributed by atoms with Gasteiger partial charge in [0.1, 0.15) is 0 Å². The monoisotopic (exact) mass is 480 g/mol. The molecule has 0 saturated carbocycles. The van der Waals surface area contributed by atoms with Crippen molar-refractivity contribution in [2.24, 2.45) is 0 Å². The number of hydrogen-bond acceptors (Lipinski definition) is 1. The topological polar surface area (TPSA) is 9.23 Å². The molecular weight excluding hydrogens is 478 g/mol. The van der Waals surface area contributed by atoms with Crippen LogP contribution >= 0.6 is 0 Å². The van der Waals surface area contributed by atoms with Crippen molar-refractivity contribution in [3.8, 4) is 0 Å². The average Bonchev–Trinajstić information content (AvgIpc) is 2.41. The minimum atomic E-state index is -6.06. The van der Waals surface area contributed by atoms with E-state index in [2.05, 4.69) is 11.3 Å². The van der Waals surface area contributed by atoms with Gasteiger partial charge in [0.05, 0.1) is 0 Å². The van der Waals surface area contributed by atoms with Gasteiger partial charge in [-0.05, 0) is 6.58 Å². The molecule has 1 nitrogen and oxygen atoms in total. The Morgan fingerprint density at radius 2 is 0.655 bits per heavy atom. The summed E-state index contributed by atoms with van der Waals surface area (Å²) in [6.07, 6.45) is -25.8. The van der Waals surface area contributed by atoms with Gasteiger partial charge < -0.3 is 4.74 Å². The summed E-state index contributed by atoms with van der Waals surface area (Å²) < 4.78 is 201. The van der Waals surface area contributed by atoms with Crippen LogP contribution < -0.4 is 0 Å². The quantitative estimate of drug-likeness (QED) is 0.289. The molecule has 0 fully saturated rings. The van der Waals surface area contributed by atoms with Crippen LogP contribution in [0.25, 0.3) is 0 Å². The maximum Gasteiger partial charge on any atom is 0.487 e. The Balaban J connectivity index is -0.000000465. The molecule has 0 aliphatic carbocycles. The fraction of sp³-hybridized carbons (Fsp3) is 0.400. The van der Waals surface area contributed by atoms with Crippen molar-refractivity contribution in [2.75, 3.05) is 0 Å². The Kier molecular flexibility index (Phi) is 12.0. The maximum absolute atomic E-state index is 12.0. The van der Waals surface area contributed by atoms with E-state index < -0.39 is 54.5 Å². The molecule has 0 aromatic heterocycles. The van der Waals surface area contributed by atoms with Crippen LogP contribution in [0, 0.1) is 0 Å². The van der Waals surface area contributed by atoms with E-state index in [1.54, 1.807) is 0 Å². The van der Waals surface area contributed by atoms with Gasteiger partial charge in [-0.25, -0.2) is 0 Å². The van der Waals surface area contributed by atoms with Gasteiger partial charge in [-0.3, -0.25) is 0 Å². The predicted octanol–water partition coefficient (Wildman–Crippen LogP) is 7.85. The molecule has 174 valence electrons. The van der Waals surface area contributed by atoms with Crippen molar-refractivity contribution in [2.45, 2.75) is 24.7 Å². The molecule has 0 aliphatic rings. The molecule has 0 rings (SSSR count). The molecule has 29 heavy (non-hydrogen) atoms. The molecule has 0 aliphatic heterocycles. The lowest BCUT2D eigenvalue weighted by atomic mass is 10.5. The number of allylic oxidation sites excluding steroid dienone is 2. The van der Waals surface area contributed by atoms with E-state index in [1.807, 2.05) is 0 Å². The van der Waals surface area contributed by atoms with E-state index in [9.17, 15) is 79.0 Å². The van der Waals surface area contributed by atoms with Crippen molar-refractivity contribution < 1.29 is 83.8 Å². The lowest BCUT2D eigenvalue weighted by Crippen LogP contribution is -2.30. The maximum atomic E-state index is 12.0. The van der Waals surface area contributed by atoms with Crippen LogP contribution in [0.1, 0.15) is 0 Å². The predicted molar refractivity (Wildman–Crippen MR) is 55.1 cm³/mol. The smallest absolute Gasteiger partial charge is 0.400 e. The largest absolute Gasteiger partial charge is 0.487 e. The summed E-state index contributed by atoms with van der Waals surface area (Å²) in [4.78, 5) is 0. The molecule has 19 heteroatoms. The molecule has 0 amide bonds. The molecule has 0 bridgehead atoms. The van der Waals surface area contributed by atoms with Crippen molar-refractivity contribution >= 4 is 0 Å². The van der Waals surface area contributed by atoms with Crippen molar-refractivity contribution in [1.29, 1.82) is 0 Å². The summed E-state index contributed by atoms with van der Waals surface area (Å²) in [6.45, 7) is 2.22. The van der Waals surface area contributed by atoms with E-state index in [4.69, 9.17) is 0 Å². The Bertz CT molecular complexity index is 532. The standard InChI is InChI=1S/C6F10O.C2F6.C2H2F2/c7-1(5(11,12)13)3(9)17-4(10)2(8)6(14,15)16;3-1(4,5)2(6,7)8;1-2(3)4/h;;1H2. The summed E-state index contributed by atoms with van der Waals surface area (Å²) >= 11 is 0. The highest BCUT2D eigenvalue weighted by Crippen LogP contribution is 2.36. The Hall–Kier alpha value is -2.24. The minimum absolute atomic E-state index is 1.83. The molecule has 0 unspecified atom stereocenters. The second-order valence-electron chi connectivity index (χ2n) is 3.61. The zero-order chi connectivity index (χ0) is 24.6. The van der Waals surface area contributed by atoms with E-state index in [0.717, 1.165) is 0 Å². The zero-order valence-electron chi connectivity index (χ0n) is 12.4. The lowest BCUT2D eigenvalue weighted by Gasteiger charge is -2.08. The van der Waals surface area contributed by atoms with Crippen LogP contribution in [-0.2, 0) is 4.74 Å². The fourth-order valence-corrected chi connectivity index (χ4v) is 0.391. The molecule has 0 radical (unpaired) electrons. The van der Waals surface area contributed by atoms with Crippen molar-refractivity contribution in [3.63, 3.8) is 0 Å². The van der Waals surface area contributed by atoms with E-state index in [1.165, 1.54) is 0 Å². The third kappa shape index (κ3) is 15.4. The number of hydrogen-bond donors (Lipinski definition) is 0. The Labute approximate surface area is 146 Å². The average molecular weight is 480 g/mol. The zero-order valence-corrected chi connectivity index (χ0v) is 12.4. The SMILES string of the molecule is C=C(F)F.FC(F)(F)C(F)(F)F.FC(OC(F)=C(F)C(F)(F)F)=C(F)C(F)(F)F. The molecular formula is C10H2F18O. The summed E-state index contributed by atoms with van der Waals surface area (Å²) in [6, 6.07) is -6.76. The molecule has 0 N–H and O–H groups in total. The molecule has 0 aromatic carbocycles. The first-order valence-electron chi connectivity index (χ1n) is 5.41. The van der Waals surface area contributed by atoms with Gasteiger partial charge in [-0.15, -0.1) is 0 Å². The fourth-order valence-electron chi connectivity index (χ4n) is 0.391. The van der Waals surface area contributed by atoms with Crippen molar-refractivity contribution in [3.05, 3.63) is 36.3 Å².